The van der Waals surface area contributed by atoms with Gasteiger partial charge in [-0.05, 0) is 5.92 Å². The minimum absolute atomic E-state index is 0.573. The van der Waals surface area contributed by atoms with Crippen LogP contribution in [0.15, 0.2) is 12.4 Å². The van der Waals surface area contributed by atoms with Crippen molar-refractivity contribution in [2.24, 2.45) is 5.92 Å². The zero-order chi connectivity index (χ0) is 15.1. The number of morpholine rings is 1. The molecule has 1 aliphatic rings. The van der Waals surface area contributed by atoms with Crippen LogP contribution in [0.2, 0.25) is 0 Å². The van der Waals surface area contributed by atoms with Crippen molar-refractivity contribution in [1.29, 1.82) is 0 Å². The Bertz CT molecular complexity index is 422. The number of ether oxygens (including phenoxy) is 2. The summed E-state index contributed by atoms with van der Waals surface area (Å²) in [6.07, 6.45) is 1.65. The number of hydrogen-bond donors (Lipinski definition) is 0. The van der Waals surface area contributed by atoms with Gasteiger partial charge in [-0.3, -0.25) is 0 Å². The summed E-state index contributed by atoms with van der Waals surface area (Å²) in [6.45, 7) is 10.2. The van der Waals surface area contributed by atoms with E-state index in [1.165, 1.54) is 0 Å². The maximum Gasteiger partial charge on any atom is 0.134 e. The molecule has 2 rings (SSSR count). The Labute approximate surface area is 127 Å². The monoisotopic (exact) mass is 294 g/mol. The van der Waals surface area contributed by atoms with Crippen LogP contribution in [-0.4, -0.2) is 63.1 Å². The Morgan fingerprint density at radius 2 is 2.10 bits per heavy atom. The zero-order valence-electron chi connectivity index (χ0n) is 13.3. The summed E-state index contributed by atoms with van der Waals surface area (Å²) >= 11 is 0. The summed E-state index contributed by atoms with van der Waals surface area (Å²) in [7, 11) is 1.73. The highest BCUT2D eigenvalue weighted by molar-refractivity contribution is 5.50. The van der Waals surface area contributed by atoms with Gasteiger partial charge in [0.2, 0.25) is 0 Å². The molecule has 0 N–H and O–H groups in total. The number of hydrogen-bond acceptors (Lipinski definition) is 6. The standard InChI is InChI=1S/C15H26N4O2/c1-13(2)11-19(4-7-20-3)15-10-14(16-12-17-15)18-5-8-21-9-6-18/h10,12-13H,4-9,11H2,1-3H3. The smallest absolute Gasteiger partial charge is 0.134 e. The van der Waals surface area contributed by atoms with Crippen molar-refractivity contribution < 1.29 is 9.47 Å². The van der Waals surface area contributed by atoms with E-state index in [1.54, 1.807) is 13.4 Å². The molecule has 1 aliphatic heterocycles. The quantitative estimate of drug-likeness (QED) is 0.758. The lowest BCUT2D eigenvalue weighted by molar-refractivity contribution is 0.122. The second-order valence-corrected chi connectivity index (χ2v) is 5.67. The van der Waals surface area contributed by atoms with Gasteiger partial charge >= 0.3 is 0 Å². The van der Waals surface area contributed by atoms with Gasteiger partial charge in [0, 0.05) is 39.4 Å². The topological polar surface area (TPSA) is 50.7 Å². The maximum atomic E-state index is 5.39. The molecule has 1 aromatic rings. The molecule has 0 aliphatic carbocycles. The van der Waals surface area contributed by atoms with Crippen LogP contribution in [-0.2, 0) is 9.47 Å². The van der Waals surface area contributed by atoms with E-state index in [9.17, 15) is 0 Å². The van der Waals surface area contributed by atoms with Gasteiger partial charge in [0.05, 0.1) is 19.8 Å². The summed E-state index contributed by atoms with van der Waals surface area (Å²) < 4.78 is 10.6. The first-order valence-electron chi connectivity index (χ1n) is 7.59. The van der Waals surface area contributed by atoms with Crippen molar-refractivity contribution in [1.82, 2.24) is 9.97 Å². The van der Waals surface area contributed by atoms with Gasteiger partial charge in [0.1, 0.15) is 18.0 Å². The maximum absolute atomic E-state index is 5.39. The number of aromatic nitrogens is 2. The van der Waals surface area contributed by atoms with Crippen molar-refractivity contribution in [3.63, 3.8) is 0 Å². The minimum Gasteiger partial charge on any atom is -0.383 e. The lowest BCUT2D eigenvalue weighted by Gasteiger charge is -2.29. The molecule has 0 atom stereocenters. The highest BCUT2D eigenvalue weighted by Crippen LogP contribution is 2.19. The molecule has 118 valence electrons. The summed E-state index contributed by atoms with van der Waals surface area (Å²) in [5.41, 5.74) is 0. The summed E-state index contributed by atoms with van der Waals surface area (Å²) in [4.78, 5) is 13.4. The second-order valence-electron chi connectivity index (χ2n) is 5.67. The Kier molecular flexibility index (Phi) is 6.20. The molecule has 0 unspecified atom stereocenters. The molecule has 0 spiro atoms. The molecule has 0 bridgehead atoms. The van der Waals surface area contributed by atoms with Gasteiger partial charge in [-0.1, -0.05) is 13.8 Å². The van der Waals surface area contributed by atoms with E-state index in [2.05, 4.69) is 39.7 Å². The van der Waals surface area contributed by atoms with E-state index < -0.39 is 0 Å². The van der Waals surface area contributed by atoms with Crippen LogP contribution in [0.3, 0.4) is 0 Å². The largest absolute Gasteiger partial charge is 0.383 e. The van der Waals surface area contributed by atoms with E-state index in [0.717, 1.165) is 51.0 Å². The average Bonchev–Trinajstić information content (AvgIpc) is 2.52. The predicted octanol–water partition coefficient (Wildman–Crippen LogP) is 1.42. The van der Waals surface area contributed by atoms with E-state index >= 15 is 0 Å². The third-order valence-corrected chi connectivity index (χ3v) is 3.45. The molecular weight excluding hydrogens is 268 g/mol. The lowest BCUT2D eigenvalue weighted by atomic mass is 10.2. The van der Waals surface area contributed by atoms with Gasteiger partial charge in [-0.2, -0.15) is 0 Å². The highest BCUT2D eigenvalue weighted by atomic mass is 16.5. The third kappa shape index (κ3) is 4.82. The van der Waals surface area contributed by atoms with E-state index in [-0.39, 0.29) is 0 Å². The molecule has 0 saturated carbocycles. The second kappa shape index (κ2) is 8.14. The van der Waals surface area contributed by atoms with Crippen molar-refractivity contribution in [3.05, 3.63) is 12.4 Å². The van der Waals surface area contributed by atoms with E-state index in [1.807, 2.05) is 0 Å². The summed E-state index contributed by atoms with van der Waals surface area (Å²) in [6, 6.07) is 2.07. The Morgan fingerprint density at radius 3 is 2.76 bits per heavy atom. The van der Waals surface area contributed by atoms with E-state index in [4.69, 9.17) is 9.47 Å². The third-order valence-electron chi connectivity index (χ3n) is 3.45. The molecular formula is C15H26N4O2. The van der Waals surface area contributed by atoms with Gasteiger partial charge in [-0.25, -0.2) is 9.97 Å². The number of methoxy groups -OCH3 is 1. The van der Waals surface area contributed by atoms with E-state index in [0.29, 0.717) is 12.5 Å². The first-order valence-corrected chi connectivity index (χ1v) is 7.59. The van der Waals surface area contributed by atoms with Gasteiger partial charge in [-0.15, -0.1) is 0 Å². The molecule has 1 fully saturated rings. The lowest BCUT2D eigenvalue weighted by Crippen LogP contribution is -2.37. The Hall–Kier alpha value is -1.40. The number of nitrogens with zero attached hydrogens (tertiary/aromatic N) is 4. The minimum atomic E-state index is 0.573. The Morgan fingerprint density at radius 1 is 1.33 bits per heavy atom. The van der Waals surface area contributed by atoms with Crippen LogP contribution in [0.4, 0.5) is 11.6 Å². The van der Waals surface area contributed by atoms with Crippen molar-refractivity contribution in [2.75, 3.05) is 62.9 Å². The SMILES string of the molecule is COCCN(CC(C)C)c1cc(N2CCOCC2)ncn1. The molecule has 0 radical (unpaired) electrons. The molecule has 0 aromatic carbocycles. The van der Waals surface area contributed by atoms with Gasteiger partial charge in [0.15, 0.2) is 0 Å². The predicted molar refractivity (Wildman–Crippen MR) is 84.0 cm³/mol. The van der Waals surface area contributed by atoms with Crippen LogP contribution in [0.25, 0.3) is 0 Å². The molecule has 0 amide bonds. The zero-order valence-corrected chi connectivity index (χ0v) is 13.3. The fourth-order valence-corrected chi connectivity index (χ4v) is 2.42. The first kappa shape index (κ1) is 16.0. The highest BCUT2D eigenvalue weighted by Gasteiger charge is 2.16. The number of rotatable bonds is 7. The van der Waals surface area contributed by atoms with Gasteiger partial charge < -0.3 is 19.3 Å². The molecule has 6 nitrogen and oxygen atoms in total. The van der Waals surface area contributed by atoms with Gasteiger partial charge in [0.25, 0.3) is 0 Å². The molecule has 21 heavy (non-hydrogen) atoms. The van der Waals surface area contributed by atoms with Crippen LogP contribution in [0.1, 0.15) is 13.8 Å². The number of anilines is 2. The van der Waals surface area contributed by atoms with Crippen LogP contribution < -0.4 is 9.80 Å². The molecule has 2 heterocycles. The van der Waals surface area contributed by atoms with Crippen molar-refractivity contribution in [2.45, 2.75) is 13.8 Å². The van der Waals surface area contributed by atoms with Crippen molar-refractivity contribution >= 4 is 11.6 Å². The summed E-state index contributed by atoms with van der Waals surface area (Å²) in [5.74, 6) is 2.52. The fourth-order valence-electron chi connectivity index (χ4n) is 2.42. The van der Waals surface area contributed by atoms with Crippen LogP contribution >= 0.6 is 0 Å². The average molecular weight is 294 g/mol. The fraction of sp³-hybridized carbons (Fsp3) is 0.733. The van der Waals surface area contributed by atoms with Crippen molar-refractivity contribution in [3.8, 4) is 0 Å². The molecule has 6 heteroatoms. The first-order chi connectivity index (χ1) is 10.2. The Balaban J connectivity index is 2.11. The normalized spacial score (nSPS) is 15.5. The molecule has 1 aromatic heterocycles. The molecule has 1 saturated heterocycles. The van der Waals surface area contributed by atoms with Crippen LogP contribution in [0.5, 0.6) is 0 Å². The van der Waals surface area contributed by atoms with Crippen LogP contribution in [0, 0.1) is 5.92 Å². The summed E-state index contributed by atoms with van der Waals surface area (Å²) in [5, 5.41) is 0.